The van der Waals surface area contributed by atoms with E-state index in [1.54, 1.807) is 0 Å². The molecule has 0 bridgehead atoms. The van der Waals surface area contributed by atoms with E-state index in [1.807, 2.05) is 18.2 Å². The summed E-state index contributed by atoms with van der Waals surface area (Å²) in [5.41, 5.74) is 7.25. The zero-order valence-electron chi connectivity index (χ0n) is 11.4. The van der Waals surface area contributed by atoms with Crippen molar-refractivity contribution >= 4 is 0 Å². The standard InChI is InChI=1S/C15H21N3O/c1-2-6-13(16)11-15-17-14(18-19-15)10-9-12-7-4-3-5-8-12/h3-5,7-8,13H,2,6,9-11,16H2,1H3. The highest BCUT2D eigenvalue weighted by atomic mass is 16.5. The summed E-state index contributed by atoms with van der Waals surface area (Å²) in [6.45, 7) is 2.12. The molecule has 0 amide bonds. The quantitative estimate of drug-likeness (QED) is 0.829. The van der Waals surface area contributed by atoms with Crippen LogP contribution in [0.3, 0.4) is 0 Å². The molecule has 1 aromatic carbocycles. The lowest BCUT2D eigenvalue weighted by Crippen LogP contribution is -2.22. The van der Waals surface area contributed by atoms with Gasteiger partial charge in [0, 0.05) is 18.9 Å². The van der Waals surface area contributed by atoms with Crippen molar-refractivity contribution in [1.29, 1.82) is 0 Å². The van der Waals surface area contributed by atoms with Gasteiger partial charge in [0.2, 0.25) is 5.89 Å². The minimum Gasteiger partial charge on any atom is -0.339 e. The number of nitrogens with two attached hydrogens (primary N) is 1. The van der Waals surface area contributed by atoms with Crippen molar-refractivity contribution in [3.63, 3.8) is 0 Å². The van der Waals surface area contributed by atoms with Crippen LogP contribution in [0.1, 0.15) is 37.0 Å². The molecule has 0 aliphatic rings. The van der Waals surface area contributed by atoms with E-state index in [-0.39, 0.29) is 6.04 Å². The molecule has 1 unspecified atom stereocenters. The summed E-state index contributed by atoms with van der Waals surface area (Å²) < 4.78 is 5.23. The maximum absolute atomic E-state index is 5.96. The fourth-order valence-electron chi connectivity index (χ4n) is 2.07. The summed E-state index contributed by atoms with van der Waals surface area (Å²) in [7, 11) is 0. The first-order valence-electron chi connectivity index (χ1n) is 6.89. The van der Waals surface area contributed by atoms with Crippen LogP contribution in [0.2, 0.25) is 0 Å². The van der Waals surface area contributed by atoms with Gasteiger partial charge in [0.25, 0.3) is 0 Å². The molecular formula is C15H21N3O. The molecular weight excluding hydrogens is 238 g/mol. The molecule has 0 saturated heterocycles. The molecule has 102 valence electrons. The molecule has 2 rings (SSSR count). The van der Waals surface area contributed by atoms with Crippen LogP contribution in [0.5, 0.6) is 0 Å². The summed E-state index contributed by atoms with van der Waals surface area (Å²) >= 11 is 0. The number of rotatable bonds is 7. The summed E-state index contributed by atoms with van der Waals surface area (Å²) in [5, 5.41) is 4.00. The Kier molecular flexibility index (Phi) is 5.10. The second-order valence-electron chi connectivity index (χ2n) is 4.84. The van der Waals surface area contributed by atoms with Crippen molar-refractivity contribution in [2.45, 2.75) is 45.1 Å². The molecule has 4 nitrogen and oxygen atoms in total. The minimum absolute atomic E-state index is 0.118. The summed E-state index contributed by atoms with van der Waals surface area (Å²) in [6, 6.07) is 10.4. The number of hydrogen-bond acceptors (Lipinski definition) is 4. The molecule has 4 heteroatoms. The highest BCUT2D eigenvalue weighted by molar-refractivity contribution is 5.15. The highest BCUT2D eigenvalue weighted by Gasteiger charge is 2.10. The Balaban J connectivity index is 1.84. The Bertz CT molecular complexity index is 481. The summed E-state index contributed by atoms with van der Waals surface area (Å²) in [6.07, 6.45) is 4.47. The molecule has 1 heterocycles. The number of aromatic nitrogens is 2. The Labute approximate surface area is 114 Å². The first kappa shape index (κ1) is 13.7. The van der Waals surface area contributed by atoms with Gasteiger partial charge in [-0.15, -0.1) is 0 Å². The smallest absolute Gasteiger partial charge is 0.228 e. The van der Waals surface area contributed by atoms with E-state index < -0.39 is 0 Å². The molecule has 0 saturated carbocycles. The molecule has 1 atom stereocenters. The van der Waals surface area contributed by atoms with E-state index >= 15 is 0 Å². The average Bonchev–Trinajstić information content (AvgIpc) is 2.85. The van der Waals surface area contributed by atoms with Gasteiger partial charge in [-0.1, -0.05) is 48.8 Å². The number of aryl methyl sites for hydroxylation is 2. The van der Waals surface area contributed by atoms with Crippen molar-refractivity contribution in [2.75, 3.05) is 0 Å². The van der Waals surface area contributed by atoms with E-state index in [1.165, 1.54) is 5.56 Å². The molecule has 1 aromatic heterocycles. The van der Waals surface area contributed by atoms with Gasteiger partial charge in [0.05, 0.1) is 0 Å². The second-order valence-corrected chi connectivity index (χ2v) is 4.84. The summed E-state index contributed by atoms with van der Waals surface area (Å²) in [4.78, 5) is 4.39. The van der Waals surface area contributed by atoms with Crippen molar-refractivity contribution in [1.82, 2.24) is 10.1 Å². The largest absolute Gasteiger partial charge is 0.339 e. The van der Waals surface area contributed by atoms with Crippen LogP contribution in [-0.2, 0) is 19.3 Å². The predicted molar refractivity (Wildman–Crippen MR) is 74.7 cm³/mol. The van der Waals surface area contributed by atoms with Crippen LogP contribution in [0.25, 0.3) is 0 Å². The van der Waals surface area contributed by atoms with Gasteiger partial charge >= 0.3 is 0 Å². The first-order chi connectivity index (χ1) is 9.28. The normalized spacial score (nSPS) is 12.5. The third kappa shape index (κ3) is 4.48. The molecule has 2 N–H and O–H groups in total. The lowest BCUT2D eigenvalue weighted by atomic mass is 10.1. The van der Waals surface area contributed by atoms with Crippen molar-refractivity contribution in [3.05, 3.63) is 47.6 Å². The molecule has 0 radical (unpaired) electrons. The third-order valence-corrected chi connectivity index (χ3v) is 3.09. The van der Waals surface area contributed by atoms with E-state index in [2.05, 4.69) is 29.2 Å². The van der Waals surface area contributed by atoms with Gasteiger partial charge in [-0.25, -0.2) is 0 Å². The molecule has 0 aliphatic heterocycles. The van der Waals surface area contributed by atoms with Crippen molar-refractivity contribution in [2.24, 2.45) is 5.73 Å². The highest BCUT2D eigenvalue weighted by Crippen LogP contribution is 2.07. The van der Waals surface area contributed by atoms with E-state index in [0.717, 1.165) is 31.5 Å². The minimum atomic E-state index is 0.118. The Morgan fingerprint density at radius 2 is 2.00 bits per heavy atom. The maximum Gasteiger partial charge on any atom is 0.228 e. The summed E-state index contributed by atoms with van der Waals surface area (Å²) in [5.74, 6) is 1.42. The lowest BCUT2D eigenvalue weighted by Gasteiger charge is -2.05. The maximum atomic E-state index is 5.96. The van der Waals surface area contributed by atoms with Crippen LogP contribution < -0.4 is 5.73 Å². The SMILES string of the molecule is CCCC(N)Cc1nc(CCc2ccccc2)no1. The van der Waals surface area contributed by atoms with Gasteiger partial charge in [0.1, 0.15) is 0 Å². The number of nitrogens with zero attached hydrogens (tertiary/aromatic N) is 2. The number of hydrogen-bond donors (Lipinski definition) is 1. The monoisotopic (exact) mass is 259 g/mol. The molecule has 0 spiro atoms. The molecule has 0 aliphatic carbocycles. The fraction of sp³-hybridized carbons (Fsp3) is 0.467. The Hall–Kier alpha value is -1.68. The Morgan fingerprint density at radius 1 is 1.21 bits per heavy atom. The zero-order valence-corrected chi connectivity index (χ0v) is 11.4. The third-order valence-electron chi connectivity index (χ3n) is 3.09. The second kappa shape index (κ2) is 7.04. The zero-order chi connectivity index (χ0) is 13.5. The van der Waals surface area contributed by atoms with Gasteiger partial charge < -0.3 is 10.3 Å². The molecule has 0 fully saturated rings. The van der Waals surface area contributed by atoms with Crippen LogP contribution in [0.15, 0.2) is 34.9 Å². The predicted octanol–water partition coefficient (Wildman–Crippen LogP) is 2.52. The van der Waals surface area contributed by atoms with Crippen LogP contribution in [0, 0.1) is 0 Å². The average molecular weight is 259 g/mol. The van der Waals surface area contributed by atoms with Gasteiger partial charge in [-0.3, -0.25) is 0 Å². The first-order valence-corrected chi connectivity index (χ1v) is 6.89. The topological polar surface area (TPSA) is 64.9 Å². The van der Waals surface area contributed by atoms with Crippen molar-refractivity contribution in [3.8, 4) is 0 Å². The van der Waals surface area contributed by atoms with Crippen LogP contribution in [0.4, 0.5) is 0 Å². The fourth-order valence-corrected chi connectivity index (χ4v) is 2.07. The Morgan fingerprint density at radius 3 is 2.74 bits per heavy atom. The van der Waals surface area contributed by atoms with Crippen LogP contribution in [-0.4, -0.2) is 16.2 Å². The van der Waals surface area contributed by atoms with E-state index in [0.29, 0.717) is 12.3 Å². The van der Waals surface area contributed by atoms with Gasteiger partial charge in [-0.2, -0.15) is 4.98 Å². The van der Waals surface area contributed by atoms with Gasteiger partial charge in [0.15, 0.2) is 5.82 Å². The van der Waals surface area contributed by atoms with Crippen LogP contribution >= 0.6 is 0 Å². The lowest BCUT2D eigenvalue weighted by molar-refractivity contribution is 0.361. The number of benzene rings is 1. The molecule has 2 aromatic rings. The van der Waals surface area contributed by atoms with Crippen molar-refractivity contribution < 1.29 is 4.52 Å². The van der Waals surface area contributed by atoms with E-state index in [9.17, 15) is 0 Å². The van der Waals surface area contributed by atoms with E-state index in [4.69, 9.17) is 10.3 Å². The molecule has 19 heavy (non-hydrogen) atoms. The van der Waals surface area contributed by atoms with Gasteiger partial charge in [-0.05, 0) is 18.4 Å².